The topological polar surface area (TPSA) is 90.4 Å². The Morgan fingerprint density at radius 1 is 0.917 bits per heavy atom. The highest BCUT2D eigenvalue weighted by molar-refractivity contribution is 7.98. The van der Waals surface area contributed by atoms with Crippen LogP contribution in [0, 0.1) is 6.92 Å². The van der Waals surface area contributed by atoms with Crippen LogP contribution in [0.2, 0.25) is 0 Å². The van der Waals surface area contributed by atoms with E-state index in [0.717, 1.165) is 11.1 Å². The van der Waals surface area contributed by atoms with Crippen molar-refractivity contribution < 1.29 is 19.1 Å². The van der Waals surface area contributed by atoms with Crippen molar-refractivity contribution in [3.63, 3.8) is 0 Å². The van der Waals surface area contributed by atoms with E-state index in [1.807, 2.05) is 43.3 Å². The minimum absolute atomic E-state index is 0.0494. The molecule has 0 bridgehead atoms. The first-order chi connectivity index (χ1) is 17.5. The summed E-state index contributed by atoms with van der Waals surface area (Å²) in [4.78, 5) is 33.0. The zero-order valence-corrected chi connectivity index (χ0v) is 20.7. The van der Waals surface area contributed by atoms with Crippen LogP contribution < -0.4 is 14.8 Å². The summed E-state index contributed by atoms with van der Waals surface area (Å²) in [5.74, 6) is 1.81. The van der Waals surface area contributed by atoms with E-state index in [1.54, 1.807) is 48.8 Å². The predicted octanol–water partition coefficient (Wildman–Crippen LogP) is 6.09. The van der Waals surface area contributed by atoms with Gasteiger partial charge in [-0.1, -0.05) is 41.6 Å². The number of para-hydroxylation sites is 2. The van der Waals surface area contributed by atoms with E-state index in [2.05, 4.69) is 15.3 Å². The number of nitrogens with zero attached hydrogens (tertiary/aromatic N) is 2. The highest BCUT2D eigenvalue weighted by Crippen LogP contribution is 2.30. The maximum atomic E-state index is 12.7. The molecule has 7 nitrogen and oxygen atoms in total. The predicted molar refractivity (Wildman–Crippen MR) is 140 cm³/mol. The van der Waals surface area contributed by atoms with Gasteiger partial charge in [-0.2, -0.15) is 0 Å². The van der Waals surface area contributed by atoms with E-state index >= 15 is 0 Å². The number of benzene rings is 3. The molecule has 8 heteroatoms. The number of thioether (sulfide) groups is 1. The molecule has 1 amide bonds. The summed E-state index contributed by atoms with van der Waals surface area (Å²) in [5.41, 5.74) is 3.01. The Morgan fingerprint density at radius 3 is 2.42 bits per heavy atom. The summed E-state index contributed by atoms with van der Waals surface area (Å²) in [6.07, 6.45) is 3.34. The van der Waals surface area contributed by atoms with Crippen LogP contribution in [0.5, 0.6) is 17.2 Å². The van der Waals surface area contributed by atoms with Crippen LogP contribution in [0.3, 0.4) is 0 Å². The molecule has 3 aromatic carbocycles. The van der Waals surface area contributed by atoms with Crippen molar-refractivity contribution in [1.29, 1.82) is 0 Å². The number of rotatable bonds is 10. The van der Waals surface area contributed by atoms with Crippen LogP contribution in [-0.2, 0) is 10.5 Å². The molecule has 0 saturated heterocycles. The summed E-state index contributed by atoms with van der Waals surface area (Å²) < 4.78 is 11.8. The Bertz CT molecular complexity index is 1340. The summed E-state index contributed by atoms with van der Waals surface area (Å²) in [6, 6.07) is 21.8. The first kappa shape index (κ1) is 24.9. The third-order valence-corrected chi connectivity index (χ3v) is 6.06. The molecule has 0 fully saturated rings. The second kappa shape index (κ2) is 12.0. The second-order valence-corrected chi connectivity index (χ2v) is 8.89. The maximum Gasteiger partial charge on any atom is 0.262 e. The van der Waals surface area contributed by atoms with Crippen LogP contribution in [0.4, 0.5) is 5.69 Å². The van der Waals surface area contributed by atoms with Crippen LogP contribution in [0.15, 0.2) is 90.3 Å². The normalized spacial score (nSPS) is 10.5. The Morgan fingerprint density at radius 2 is 1.67 bits per heavy atom. The molecule has 182 valence electrons. The first-order valence-electron chi connectivity index (χ1n) is 11.3. The number of nitrogens with one attached hydrogen (secondary N) is 1. The Balaban J connectivity index is 1.42. The molecule has 0 unspecified atom stereocenters. The molecular formula is C28H25N3O4S. The van der Waals surface area contributed by atoms with E-state index in [1.165, 1.54) is 18.7 Å². The van der Waals surface area contributed by atoms with E-state index in [4.69, 9.17) is 9.47 Å². The van der Waals surface area contributed by atoms with Crippen LogP contribution in [0.25, 0.3) is 0 Å². The van der Waals surface area contributed by atoms with Gasteiger partial charge in [-0.3, -0.25) is 9.59 Å². The minimum atomic E-state index is -0.337. The smallest absolute Gasteiger partial charge is 0.262 e. The highest BCUT2D eigenvalue weighted by Gasteiger charge is 2.13. The van der Waals surface area contributed by atoms with Gasteiger partial charge >= 0.3 is 0 Å². The van der Waals surface area contributed by atoms with Crippen molar-refractivity contribution >= 4 is 29.1 Å². The molecule has 1 N–H and O–H groups in total. The fraction of sp³-hybridized carbons (Fsp3) is 0.143. The Hall–Kier alpha value is -4.17. The van der Waals surface area contributed by atoms with Crippen molar-refractivity contribution in [3.8, 4) is 17.2 Å². The molecule has 1 heterocycles. The molecule has 0 radical (unpaired) electrons. The molecule has 0 aliphatic carbocycles. The average Bonchev–Trinajstić information content (AvgIpc) is 2.89. The summed E-state index contributed by atoms with van der Waals surface area (Å²) >= 11 is 1.42. The summed E-state index contributed by atoms with van der Waals surface area (Å²) in [6.45, 7) is 3.31. The molecule has 0 spiro atoms. The van der Waals surface area contributed by atoms with E-state index in [-0.39, 0.29) is 18.3 Å². The van der Waals surface area contributed by atoms with Crippen LogP contribution in [0.1, 0.15) is 28.4 Å². The number of ketones is 1. The van der Waals surface area contributed by atoms with Crippen LogP contribution >= 0.6 is 11.8 Å². The number of aromatic nitrogens is 2. The van der Waals surface area contributed by atoms with Gasteiger partial charge in [0, 0.05) is 29.3 Å². The lowest BCUT2D eigenvalue weighted by atomic mass is 10.1. The lowest BCUT2D eigenvalue weighted by molar-refractivity contribution is -0.118. The quantitative estimate of drug-likeness (QED) is 0.160. The van der Waals surface area contributed by atoms with E-state index in [9.17, 15) is 9.59 Å². The summed E-state index contributed by atoms with van der Waals surface area (Å²) in [7, 11) is 0. The lowest BCUT2D eigenvalue weighted by Crippen LogP contribution is -2.21. The largest absolute Gasteiger partial charge is 0.483 e. The SMILES string of the molecule is CC(=O)c1ccc(OCC(=O)Nc2ccccc2Oc2ccc(C)cc2)c(CSc2ncccn2)c1. The van der Waals surface area contributed by atoms with Crippen molar-refractivity contribution in [1.82, 2.24) is 9.97 Å². The monoisotopic (exact) mass is 499 g/mol. The lowest BCUT2D eigenvalue weighted by Gasteiger charge is -2.14. The van der Waals surface area contributed by atoms with Gasteiger partial charge in [0.1, 0.15) is 11.5 Å². The van der Waals surface area contributed by atoms with Gasteiger partial charge in [-0.15, -0.1) is 0 Å². The molecule has 1 aromatic heterocycles. The molecule has 0 atom stereocenters. The first-order valence-corrected chi connectivity index (χ1v) is 12.3. The van der Waals surface area contributed by atoms with Crippen molar-refractivity contribution in [2.24, 2.45) is 0 Å². The van der Waals surface area contributed by atoms with Gasteiger partial charge in [0.2, 0.25) is 0 Å². The van der Waals surface area contributed by atoms with Gasteiger partial charge in [0.25, 0.3) is 5.91 Å². The number of amides is 1. The number of ether oxygens (including phenoxy) is 2. The van der Waals surface area contributed by atoms with Gasteiger partial charge in [0.05, 0.1) is 5.69 Å². The summed E-state index contributed by atoms with van der Waals surface area (Å²) in [5, 5.41) is 3.46. The highest BCUT2D eigenvalue weighted by atomic mass is 32.2. The van der Waals surface area contributed by atoms with Gasteiger partial charge in [0.15, 0.2) is 23.3 Å². The second-order valence-electron chi connectivity index (χ2n) is 7.95. The van der Waals surface area contributed by atoms with Gasteiger partial charge < -0.3 is 14.8 Å². The third kappa shape index (κ3) is 6.93. The zero-order valence-electron chi connectivity index (χ0n) is 19.9. The number of hydrogen-bond acceptors (Lipinski definition) is 7. The molecule has 4 rings (SSSR count). The standard InChI is InChI=1S/C28H25N3O4S/c1-19-8-11-23(12-9-19)35-26-7-4-3-6-24(26)31-27(33)17-34-25-13-10-21(20(2)32)16-22(25)18-36-28-29-14-5-15-30-28/h3-16H,17-18H2,1-2H3,(H,31,33). The number of carbonyl (C=O) groups is 2. The molecule has 4 aromatic rings. The fourth-order valence-electron chi connectivity index (χ4n) is 3.28. The third-order valence-electron chi connectivity index (χ3n) is 5.13. The van der Waals surface area contributed by atoms with Crippen molar-refractivity contribution in [2.75, 3.05) is 11.9 Å². The fourth-order valence-corrected chi connectivity index (χ4v) is 4.06. The maximum absolute atomic E-state index is 12.7. The molecular weight excluding hydrogens is 474 g/mol. The number of carbonyl (C=O) groups excluding carboxylic acids is 2. The van der Waals surface area contributed by atoms with Gasteiger partial charge in [-0.05, 0) is 62.4 Å². The Kier molecular flexibility index (Phi) is 8.31. The number of Topliss-reactive ketones (excluding diaryl/α,β-unsaturated/α-hetero) is 1. The zero-order chi connectivity index (χ0) is 25.3. The van der Waals surface area contributed by atoms with Crippen molar-refractivity contribution in [2.45, 2.75) is 24.8 Å². The Labute approximate surface area is 213 Å². The number of hydrogen-bond donors (Lipinski definition) is 1. The molecule has 0 aliphatic heterocycles. The molecule has 0 saturated carbocycles. The van der Waals surface area contributed by atoms with Crippen molar-refractivity contribution in [3.05, 3.63) is 102 Å². The van der Waals surface area contributed by atoms with E-state index in [0.29, 0.717) is 39.4 Å². The van der Waals surface area contributed by atoms with E-state index < -0.39 is 0 Å². The van der Waals surface area contributed by atoms with Crippen LogP contribution in [-0.4, -0.2) is 28.3 Å². The molecule has 0 aliphatic rings. The number of aryl methyl sites for hydroxylation is 1. The number of anilines is 1. The molecule has 36 heavy (non-hydrogen) atoms. The minimum Gasteiger partial charge on any atom is -0.483 e. The average molecular weight is 500 g/mol. The van der Waals surface area contributed by atoms with Gasteiger partial charge in [-0.25, -0.2) is 9.97 Å².